The molecule has 0 aromatic heterocycles. The van der Waals surface area contributed by atoms with Crippen LogP contribution >= 0.6 is 0 Å². The summed E-state index contributed by atoms with van der Waals surface area (Å²) in [4.78, 5) is 0. The van der Waals surface area contributed by atoms with Crippen molar-refractivity contribution in [3.8, 4) is 0 Å². The molecule has 0 atom stereocenters. The first kappa shape index (κ1) is 12.7. The Morgan fingerprint density at radius 3 is 2.60 bits per heavy atom. The van der Waals surface area contributed by atoms with Gasteiger partial charge in [0.2, 0.25) is 0 Å². The van der Waals surface area contributed by atoms with Crippen LogP contribution in [-0.2, 0) is 9.47 Å². The molecule has 0 saturated carbocycles. The summed E-state index contributed by atoms with van der Waals surface area (Å²) in [6, 6.07) is 1.30. The van der Waals surface area contributed by atoms with Gasteiger partial charge in [-0.3, -0.25) is 0 Å². The zero-order valence-corrected chi connectivity index (χ0v) is 11.5. The molecule has 0 aromatic rings. The molecule has 86 valence electrons. The van der Waals surface area contributed by atoms with Crippen LogP contribution in [0.25, 0.3) is 0 Å². The Morgan fingerprint density at radius 2 is 2.07 bits per heavy atom. The van der Waals surface area contributed by atoms with Crippen LogP contribution in [0.4, 0.5) is 0 Å². The summed E-state index contributed by atoms with van der Waals surface area (Å²) in [5.41, 5.74) is 3.03. The molecule has 0 spiro atoms. The second kappa shape index (κ2) is 6.98. The van der Waals surface area contributed by atoms with Crippen molar-refractivity contribution in [2.24, 2.45) is 0 Å². The third kappa shape index (κ3) is 4.32. The van der Waals surface area contributed by atoms with Crippen molar-refractivity contribution >= 4 is 9.52 Å². The average Bonchev–Trinajstić information content (AvgIpc) is 2.65. The van der Waals surface area contributed by atoms with Gasteiger partial charge in [0.1, 0.15) is 5.91 Å². The summed E-state index contributed by atoms with van der Waals surface area (Å²) >= 11 is 0. The second-order valence-electron chi connectivity index (χ2n) is 4.00. The fraction of sp³-hybridized carbons (Fsp3) is 0.667. The predicted octanol–water partition coefficient (Wildman–Crippen LogP) is 2.21. The van der Waals surface area contributed by atoms with Gasteiger partial charge in [-0.1, -0.05) is 30.2 Å². The normalized spacial score (nSPS) is 16.5. The van der Waals surface area contributed by atoms with Gasteiger partial charge in [0, 0.05) is 14.2 Å². The monoisotopic (exact) mass is 226 g/mol. The Morgan fingerprint density at radius 1 is 1.33 bits per heavy atom. The maximum absolute atomic E-state index is 5.21. The van der Waals surface area contributed by atoms with E-state index in [9.17, 15) is 0 Å². The minimum Gasteiger partial charge on any atom is -0.360 e. The molecule has 0 heterocycles. The summed E-state index contributed by atoms with van der Waals surface area (Å²) in [6.45, 7) is 2.21. The highest BCUT2D eigenvalue weighted by Gasteiger charge is 2.07. The SMILES string of the molecule is COC(OC)[SiH2]CCCC1=CCC=C1C. The largest absolute Gasteiger partial charge is 0.360 e. The van der Waals surface area contributed by atoms with E-state index < -0.39 is 0 Å². The van der Waals surface area contributed by atoms with E-state index in [0.29, 0.717) is 0 Å². The van der Waals surface area contributed by atoms with Crippen molar-refractivity contribution in [1.82, 2.24) is 0 Å². The predicted molar refractivity (Wildman–Crippen MR) is 66.8 cm³/mol. The van der Waals surface area contributed by atoms with Gasteiger partial charge in [0.15, 0.2) is 0 Å². The molecular weight excluding hydrogens is 204 g/mol. The van der Waals surface area contributed by atoms with E-state index in [1.807, 2.05) is 0 Å². The third-order valence-corrected chi connectivity index (χ3v) is 5.00. The van der Waals surface area contributed by atoms with Crippen molar-refractivity contribution < 1.29 is 9.47 Å². The van der Waals surface area contributed by atoms with E-state index in [0.717, 1.165) is 6.42 Å². The van der Waals surface area contributed by atoms with Gasteiger partial charge >= 0.3 is 0 Å². The Kier molecular flexibility index (Phi) is 5.91. The van der Waals surface area contributed by atoms with E-state index in [1.165, 1.54) is 24.5 Å². The lowest BCUT2D eigenvalue weighted by atomic mass is 10.1. The van der Waals surface area contributed by atoms with E-state index in [1.54, 1.807) is 19.8 Å². The van der Waals surface area contributed by atoms with Crippen LogP contribution in [0.3, 0.4) is 0 Å². The van der Waals surface area contributed by atoms with Crippen molar-refractivity contribution in [2.75, 3.05) is 14.2 Å². The molecule has 1 rings (SSSR count). The third-order valence-electron chi connectivity index (χ3n) is 2.96. The zero-order chi connectivity index (χ0) is 11.1. The summed E-state index contributed by atoms with van der Waals surface area (Å²) in [5.74, 6) is 0.110. The molecule has 0 amide bonds. The lowest BCUT2D eigenvalue weighted by molar-refractivity contribution is -0.0441. The van der Waals surface area contributed by atoms with E-state index in [4.69, 9.17) is 9.47 Å². The lowest BCUT2D eigenvalue weighted by Crippen LogP contribution is -2.20. The molecule has 0 radical (unpaired) electrons. The summed E-state index contributed by atoms with van der Waals surface area (Å²) in [7, 11) is 3.24. The number of methoxy groups -OCH3 is 2. The van der Waals surface area contributed by atoms with Gasteiger partial charge < -0.3 is 9.47 Å². The Hall–Kier alpha value is -0.383. The van der Waals surface area contributed by atoms with Crippen LogP contribution < -0.4 is 0 Å². The maximum atomic E-state index is 5.21. The van der Waals surface area contributed by atoms with Gasteiger partial charge in [-0.05, 0) is 25.3 Å². The minimum absolute atomic E-state index is 0.110. The van der Waals surface area contributed by atoms with Gasteiger partial charge in [-0.25, -0.2) is 0 Å². The maximum Gasteiger partial charge on any atom is 0.134 e. The Bertz CT molecular complexity index is 242. The highest BCUT2D eigenvalue weighted by atomic mass is 28.2. The first-order valence-corrected chi connectivity index (χ1v) is 7.51. The van der Waals surface area contributed by atoms with Crippen molar-refractivity contribution in [1.29, 1.82) is 0 Å². The second-order valence-corrected chi connectivity index (χ2v) is 5.95. The van der Waals surface area contributed by atoms with Gasteiger partial charge in [-0.15, -0.1) is 0 Å². The number of ether oxygens (including phenoxy) is 2. The highest BCUT2D eigenvalue weighted by Crippen LogP contribution is 2.23. The molecule has 0 bridgehead atoms. The highest BCUT2D eigenvalue weighted by molar-refractivity contribution is 6.36. The van der Waals surface area contributed by atoms with Crippen LogP contribution in [0.15, 0.2) is 23.3 Å². The molecule has 0 N–H and O–H groups in total. The van der Waals surface area contributed by atoms with Crippen molar-refractivity contribution in [3.63, 3.8) is 0 Å². The molecule has 1 aliphatic carbocycles. The Labute approximate surface area is 95.2 Å². The van der Waals surface area contributed by atoms with Crippen molar-refractivity contribution in [2.45, 2.75) is 38.1 Å². The summed E-state index contributed by atoms with van der Waals surface area (Å²) in [6.07, 6.45) is 8.31. The molecule has 15 heavy (non-hydrogen) atoms. The smallest absolute Gasteiger partial charge is 0.134 e. The standard InChI is InChI=1S/C12H22O2Si/c1-10-6-4-7-11(10)8-5-9-15-12(13-2)14-3/h6-7,12H,4-5,8-9,15H2,1-3H3. The fourth-order valence-electron chi connectivity index (χ4n) is 1.93. The molecule has 0 saturated heterocycles. The van der Waals surface area contributed by atoms with E-state index in [-0.39, 0.29) is 15.4 Å². The number of hydrogen-bond donors (Lipinski definition) is 0. The molecule has 2 nitrogen and oxygen atoms in total. The zero-order valence-electron chi connectivity index (χ0n) is 10.1. The van der Waals surface area contributed by atoms with Gasteiger partial charge in [0.25, 0.3) is 0 Å². The molecule has 1 aliphatic rings. The van der Waals surface area contributed by atoms with Crippen LogP contribution in [0.1, 0.15) is 26.2 Å². The quantitative estimate of drug-likeness (QED) is 0.376. The van der Waals surface area contributed by atoms with Crippen LogP contribution in [0.5, 0.6) is 0 Å². The Balaban J connectivity index is 2.09. The topological polar surface area (TPSA) is 18.5 Å². The average molecular weight is 226 g/mol. The van der Waals surface area contributed by atoms with Gasteiger partial charge in [0.05, 0.1) is 9.52 Å². The molecular formula is C12H22O2Si. The fourth-order valence-corrected chi connectivity index (χ4v) is 3.27. The summed E-state index contributed by atoms with van der Waals surface area (Å²) < 4.78 is 10.4. The number of allylic oxidation sites excluding steroid dienone is 4. The lowest BCUT2D eigenvalue weighted by Gasteiger charge is -2.12. The molecule has 0 aromatic carbocycles. The molecule has 0 fully saturated rings. The van der Waals surface area contributed by atoms with Crippen LogP contribution in [-0.4, -0.2) is 29.7 Å². The minimum atomic E-state index is -0.221. The first-order valence-electron chi connectivity index (χ1n) is 5.69. The summed E-state index contributed by atoms with van der Waals surface area (Å²) in [5, 5.41) is 0. The van der Waals surface area contributed by atoms with Crippen LogP contribution in [0.2, 0.25) is 6.04 Å². The molecule has 3 heteroatoms. The van der Waals surface area contributed by atoms with Crippen LogP contribution in [0, 0.1) is 0 Å². The van der Waals surface area contributed by atoms with E-state index >= 15 is 0 Å². The van der Waals surface area contributed by atoms with E-state index in [2.05, 4.69) is 19.1 Å². The van der Waals surface area contributed by atoms with Crippen molar-refractivity contribution in [3.05, 3.63) is 23.3 Å². The molecule has 0 aliphatic heterocycles. The van der Waals surface area contributed by atoms with Gasteiger partial charge in [-0.2, -0.15) is 0 Å². The number of hydrogen-bond acceptors (Lipinski definition) is 2. The first-order chi connectivity index (χ1) is 7.27. The molecule has 0 unspecified atom stereocenters. The number of rotatable bonds is 7.